The van der Waals surface area contributed by atoms with E-state index < -0.39 is 0 Å². The van der Waals surface area contributed by atoms with Gasteiger partial charge in [0.2, 0.25) is 0 Å². The van der Waals surface area contributed by atoms with E-state index >= 15 is 0 Å². The molecule has 1 heterocycles. The number of hydrogen-bond acceptors (Lipinski definition) is 5. The van der Waals surface area contributed by atoms with Crippen LogP contribution >= 0.6 is 15.9 Å². The molecule has 1 saturated heterocycles. The van der Waals surface area contributed by atoms with Crippen molar-refractivity contribution in [3.05, 3.63) is 62.6 Å². The molecule has 0 radical (unpaired) electrons. The molecule has 0 amide bonds. The van der Waals surface area contributed by atoms with E-state index in [1.165, 1.54) is 67.0 Å². The van der Waals surface area contributed by atoms with E-state index in [1.807, 2.05) is 0 Å². The molecule has 2 aromatic rings. The van der Waals surface area contributed by atoms with Crippen LogP contribution in [0.1, 0.15) is 40.7 Å². The molecule has 3 rings (SSSR count). The first-order chi connectivity index (χ1) is 16.4. The van der Waals surface area contributed by atoms with Gasteiger partial charge in [-0.25, -0.2) is 0 Å². The maximum atomic E-state index is 5.68. The molecule has 1 fully saturated rings. The van der Waals surface area contributed by atoms with Gasteiger partial charge >= 0.3 is 0 Å². The standard InChI is InChI=1S/C28H43BrN4O/c1-22-17-23(2)26(24(3)18-22)21-33(20-25-7-8-28(34-4)27(29)19-25)12-6-11-32-15-13-31(14-16-32)10-5-9-30/h7-8,17-19H,5-6,9-16,20-21,30H2,1-4H3. The molecule has 2 aromatic carbocycles. The van der Waals surface area contributed by atoms with E-state index in [4.69, 9.17) is 10.5 Å². The summed E-state index contributed by atoms with van der Waals surface area (Å²) < 4.78 is 6.45. The number of halogens is 1. The number of methoxy groups -OCH3 is 1. The van der Waals surface area contributed by atoms with Crippen LogP contribution in [0.5, 0.6) is 5.75 Å². The second-order valence-electron chi connectivity index (χ2n) is 9.74. The highest BCUT2D eigenvalue weighted by Gasteiger charge is 2.17. The fraction of sp³-hybridized carbons (Fsp3) is 0.571. The number of hydrogen-bond donors (Lipinski definition) is 1. The van der Waals surface area contributed by atoms with Crippen molar-refractivity contribution in [3.63, 3.8) is 0 Å². The molecule has 1 aliphatic heterocycles. The van der Waals surface area contributed by atoms with Gasteiger partial charge in [-0.1, -0.05) is 23.8 Å². The van der Waals surface area contributed by atoms with Crippen molar-refractivity contribution in [1.82, 2.24) is 14.7 Å². The highest BCUT2D eigenvalue weighted by molar-refractivity contribution is 9.10. The lowest BCUT2D eigenvalue weighted by Gasteiger charge is -2.35. The molecule has 0 aromatic heterocycles. The summed E-state index contributed by atoms with van der Waals surface area (Å²) in [6.07, 6.45) is 2.29. The highest BCUT2D eigenvalue weighted by Crippen LogP contribution is 2.27. The first-order valence-corrected chi connectivity index (χ1v) is 13.4. The van der Waals surface area contributed by atoms with Crippen molar-refractivity contribution in [2.75, 3.05) is 59.5 Å². The fourth-order valence-electron chi connectivity index (χ4n) is 5.03. The van der Waals surface area contributed by atoms with Crippen molar-refractivity contribution in [2.45, 2.75) is 46.7 Å². The zero-order valence-corrected chi connectivity index (χ0v) is 23.2. The summed E-state index contributed by atoms with van der Waals surface area (Å²) in [5.74, 6) is 0.881. The van der Waals surface area contributed by atoms with Crippen LogP contribution in [0.15, 0.2) is 34.8 Å². The number of aryl methyl sites for hydroxylation is 3. The van der Waals surface area contributed by atoms with Gasteiger partial charge in [0.05, 0.1) is 11.6 Å². The minimum Gasteiger partial charge on any atom is -0.496 e. The van der Waals surface area contributed by atoms with Gasteiger partial charge in [-0.15, -0.1) is 0 Å². The lowest BCUT2D eigenvalue weighted by Crippen LogP contribution is -2.47. The van der Waals surface area contributed by atoms with E-state index in [1.54, 1.807) is 7.11 Å². The average Bonchev–Trinajstić information content (AvgIpc) is 2.80. The third kappa shape index (κ3) is 8.06. The topological polar surface area (TPSA) is 45.0 Å². The molecular formula is C28H43BrN4O. The maximum Gasteiger partial charge on any atom is 0.133 e. The average molecular weight is 532 g/mol. The van der Waals surface area contributed by atoms with Gasteiger partial charge in [0.25, 0.3) is 0 Å². The van der Waals surface area contributed by atoms with Crippen LogP contribution in [0, 0.1) is 20.8 Å². The summed E-state index contributed by atoms with van der Waals surface area (Å²) in [7, 11) is 1.72. The Morgan fingerprint density at radius 3 is 2.09 bits per heavy atom. The Bertz CT molecular complexity index is 888. The normalized spacial score (nSPS) is 15.3. The van der Waals surface area contributed by atoms with Crippen LogP contribution in [0.3, 0.4) is 0 Å². The molecule has 6 heteroatoms. The lowest BCUT2D eigenvalue weighted by atomic mass is 9.99. The third-order valence-corrected chi connectivity index (χ3v) is 7.56. The first-order valence-electron chi connectivity index (χ1n) is 12.7. The van der Waals surface area contributed by atoms with Crippen LogP contribution in [0.2, 0.25) is 0 Å². The number of piperazine rings is 1. The summed E-state index contributed by atoms with van der Waals surface area (Å²) in [6, 6.07) is 11.1. The molecule has 0 bridgehead atoms. The van der Waals surface area contributed by atoms with Gasteiger partial charge in [-0.3, -0.25) is 4.90 Å². The molecular weight excluding hydrogens is 488 g/mol. The molecule has 0 unspecified atom stereocenters. The smallest absolute Gasteiger partial charge is 0.133 e. The Kier molecular flexibility index (Phi) is 10.9. The Hall–Kier alpha value is -1.44. The first kappa shape index (κ1) is 27.2. The van der Waals surface area contributed by atoms with Gasteiger partial charge in [-0.2, -0.15) is 0 Å². The lowest BCUT2D eigenvalue weighted by molar-refractivity contribution is 0.125. The zero-order chi connectivity index (χ0) is 24.5. The zero-order valence-electron chi connectivity index (χ0n) is 21.6. The third-order valence-electron chi connectivity index (χ3n) is 6.94. The van der Waals surface area contributed by atoms with Crippen LogP contribution in [0.4, 0.5) is 0 Å². The number of nitrogens with two attached hydrogens (primary N) is 1. The highest BCUT2D eigenvalue weighted by atomic mass is 79.9. The van der Waals surface area contributed by atoms with Crippen molar-refractivity contribution in [3.8, 4) is 5.75 Å². The van der Waals surface area contributed by atoms with E-state index in [-0.39, 0.29) is 0 Å². The minimum absolute atomic E-state index is 0.792. The number of nitrogens with zero attached hydrogens (tertiary/aromatic N) is 3. The molecule has 34 heavy (non-hydrogen) atoms. The number of benzene rings is 2. The number of rotatable bonds is 12. The van der Waals surface area contributed by atoms with Gasteiger partial charge in [0, 0.05) is 45.8 Å². The SMILES string of the molecule is COc1ccc(CN(CCCN2CCN(CCCN)CC2)Cc2c(C)cc(C)cc2C)cc1Br. The van der Waals surface area contributed by atoms with Gasteiger partial charge < -0.3 is 20.3 Å². The van der Waals surface area contributed by atoms with Crippen molar-refractivity contribution in [2.24, 2.45) is 5.73 Å². The molecule has 0 aliphatic carbocycles. The van der Waals surface area contributed by atoms with E-state index in [0.29, 0.717) is 0 Å². The summed E-state index contributed by atoms with van der Waals surface area (Å²) in [4.78, 5) is 7.79. The van der Waals surface area contributed by atoms with Crippen LogP contribution in [-0.4, -0.2) is 74.2 Å². The van der Waals surface area contributed by atoms with Gasteiger partial charge in [-0.05, 0) is 104 Å². The van der Waals surface area contributed by atoms with Crippen molar-refractivity contribution >= 4 is 15.9 Å². The van der Waals surface area contributed by atoms with Gasteiger partial charge in [0.1, 0.15) is 5.75 Å². The summed E-state index contributed by atoms with van der Waals surface area (Å²) in [5.41, 5.74) is 12.6. The summed E-state index contributed by atoms with van der Waals surface area (Å²) in [6.45, 7) is 17.5. The maximum absolute atomic E-state index is 5.68. The Labute approximate surface area is 215 Å². The van der Waals surface area contributed by atoms with E-state index in [0.717, 1.165) is 49.4 Å². The summed E-state index contributed by atoms with van der Waals surface area (Å²) >= 11 is 3.66. The minimum atomic E-state index is 0.792. The monoisotopic (exact) mass is 530 g/mol. The molecule has 1 aliphatic rings. The Morgan fingerprint density at radius 2 is 1.53 bits per heavy atom. The second-order valence-corrected chi connectivity index (χ2v) is 10.6. The van der Waals surface area contributed by atoms with Crippen LogP contribution in [0.25, 0.3) is 0 Å². The predicted octanol–water partition coefficient (Wildman–Crippen LogP) is 4.74. The quantitative estimate of drug-likeness (QED) is 0.429. The van der Waals surface area contributed by atoms with Crippen molar-refractivity contribution in [1.29, 1.82) is 0 Å². The van der Waals surface area contributed by atoms with Crippen LogP contribution in [-0.2, 0) is 13.1 Å². The molecule has 0 atom stereocenters. The molecule has 5 nitrogen and oxygen atoms in total. The molecule has 2 N–H and O–H groups in total. The second kappa shape index (κ2) is 13.6. The fourth-order valence-corrected chi connectivity index (χ4v) is 5.62. The van der Waals surface area contributed by atoms with E-state index in [9.17, 15) is 0 Å². The Balaban J connectivity index is 1.62. The Morgan fingerprint density at radius 1 is 0.912 bits per heavy atom. The van der Waals surface area contributed by atoms with E-state index in [2.05, 4.69) is 81.7 Å². The van der Waals surface area contributed by atoms with Crippen LogP contribution < -0.4 is 10.5 Å². The molecule has 188 valence electrons. The molecule has 0 spiro atoms. The number of ether oxygens (including phenoxy) is 1. The van der Waals surface area contributed by atoms with Gasteiger partial charge in [0.15, 0.2) is 0 Å². The summed E-state index contributed by atoms with van der Waals surface area (Å²) in [5, 5.41) is 0. The predicted molar refractivity (Wildman–Crippen MR) is 147 cm³/mol. The molecule has 0 saturated carbocycles. The van der Waals surface area contributed by atoms with Crippen molar-refractivity contribution < 1.29 is 4.74 Å². The largest absolute Gasteiger partial charge is 0.496 e.